The summed E-state index contributed by atoms with van der Waals surface area (Å²) in [6, 6.07) is 6.98. The highest BCUT2D eigenvalue weighted by molar-refractivity contribution is 5.54. The number of fused-ring (bicyclic) bond motifs is 1. The van der Waals surface area contributed by atoms with Gasteiger partial charge < -0.3 is 10.2 Å². The summed E-state index contributed by atoms with van der Waals surface area (Å²) in [4.78, 5) is 2.48. The summed E-state index contributed by atoms with van der Waals surface area (Å²) in [5.74, 6) is 0. The number of benzene rings is 1. The standard InChI is InChI=1S/C14H20N2/c1-14(2)9-16(10-14)13-4-3-11-5-6-15-8-12(11)7-13/h3-4,7,15H,5-6,8-10H2,1-2H3. The minimum Gasteiger partial charge on any atom is -0.370 e. The second kappa shape index (κ2) is 3.49. The number of rotatable bonds is 1. The summed E-state index contributed by atoms with van der Waals surface area (Å²) in [6.45, 7) is 9.23. The maximum absolute atomic E-state index is 3.44. The normalized spacial score (nSPS) is 22.5. The second-order valence-corrected chi connectivity index (χ2v) is 5.90. The quantitative estimate of drug-likeness (QED) is 0.774. The van der Waals surface area contributed by atoms with Gasteiger partial charge in [-0.15, -0.1) is 0 Å². The van der Waals surface area contributed by atoms with Crippen molar-refractivity contribution >= 4 is 5.69 Å². The molecule has 0 bridgehead atoms. The Bertz CT molecular complexity index is 401. The molecule has 0 saturated carbocycles. The number of hydrogen-bond donors (Lipinski definition) is 1. The molecule has 1 N–H and O–H groups in total. The van der Waals surface area contributed by atoms with E-state index in [9.17, 15) is 0 Å². The lowest BCUT2D eigenvalue weighted by Gasteiger charge is -2.47. The third-order valence-corrected chi connectivity index (χ3v) is 3.68. The number of nitrogens with one attached hydrogen (secondary N) is 1. The molecule has 1 saturated heterocycles. The van der Waals surface area contributed by atoms with E-state index in [1.807, 2.05) is 0 Å². The third-order valence-electron chi connectivity index (χ3n) is 3.68. The SMILES string of the molecule is CC1(C)CN(c2ccc3c(c2)CNCC3)C1. The molecule has 0 aromatic heterocycles. The summed E-state index contributed by atoms with van der Waals surface area (Å²) in [5, 5.41) is 3.44. The van der Waals surface area contributed by atoms with E-state index in [0.29, 0.717) is 5.41 Å². The van der Waals surface area contributed by atoms with Crippen LogP contribution in [0.3, 0.4) is 0 Å². The average Bonchev–Trinajstić information content (AvgIpc) is 2.25. The van der Waals surface area contributed by atoms with E-state index in [0.717, 1.165) is 13.1 Å². The molecule has 0 atom stereocenters. The number of anilines is 1. The Hall–Kier alpha value is -1.02. The molecule has 86 valence electrons. The van der Waals surface area contributed by atoms with Crippen LogP contribution in [0.5, 0.6) is 0 Å². The fourth-order valence-corrected chi connectivity index (χ4v) is 2.83. The molecule has 1 fully saturated rings. The molecule has 0 spiro atoms. The zero-order chi connectivity index (χ0) is 11.2. The van der Waals surface area contributed by atoms with Crippen LogP contribution >= 0.6 is 0 Å². The largest absolute Gasteiger partial charge is 0.370 e. The smallest absolute Gasteiger partial charge is 0.0370 e. The fraction of sp³-hybridized carbons (Fsp3) is 0.571. The predicted molar refractivity (Wildman–Crippen MR) is 67.8 cm³/mol. The van der Waals surface area contributed by atoms with Crippen LogP contribution in [0.4, 0.5) is 5.69 Å². The number of hydrogen-bond acceptors (Lipinski definition) is 2. The van der Waals surface area contributed by atoms with Crippen LogP contribution in [0.2, 0.25) is 0 Å². The van der Waals surface area contributed by atoms with E-state index in [4.69, 9.17) is 0 Å². The Morgan fingerprint density at radius 2 is 2.00 bits per heavy atom. The van der Waals surface area contributed by atoms with E-state index in [1.54, 1.807) is 0 Å². The minimum atomic E-state index is 0.508. The number of nitrogens with zero attached hydrogens (tertiary/aromatic N) is 1. The first kappa shape index (κ1) is 10.2. The van der Waals surface area contributed by atoms with E-state index in [-0.39, 0.29) is 0 Å². The molecule has 0 amide bonds. The van der Waals surface area contributed by atoms with Gasteiger partial charge in [-0.25, -0.2) is 0 Å². The average molecular weight is 216 g/mol. The summed E-state index contributed by atoms with van der Waals surface area (Å²) in [5.41, 5.74) is 4.94. The van der Waals surface area contributed by atoms with Crippen molar-refractivity contribution < 1.29 is 0 Å². The highest BCUT2D eigenvalue weighted by atomic mass is 15.2. The maximum atomic E-state index is 3.44. The van der Waals surface area contributed by atoms with Gasteiger partial charge in [0.15, 0.2) is 0 Å². The van der Waals surface area contributed by atoms with Gasteiger partial charge in [0.1, 0.15) is 0 Å². The van der Waals surface area contributed by atoms with Crippen molar-refractivity contribution in [3.8, 4) is 0 Å². The van der Waals surface area contributed by atoms with E-state index in [2.05, 4.69) is 42.3 Å². The molecule has 0 radical (unpaired) electrons. The van der Waals surface area contributed by atoms with Crippen molar-refractivity contribution in [1.29, 1.82) is 0 Å². The Morgan fingerprint density at radius 3 is 2.75 bits per heavy atom. The Morgan fingerprint density at radius 1 is 1.19 bits per heavy atom. The predicted octanol–water partition coefficient (Wildman–Crippen LogP) is 2.18. The third kappa shape index (κ3) is 1.71. The Balaban J connectivity index is 1.82. The summed E-state index contributed by atoms with van der Waals surface area (Å²) in [7, 11) is 0. The van der Waals surface area contributed by atoms with Crippen LogP contribution in [-0.2, 0) is 13.0 Å². The van der Waals surface area contributed by atoms with E-state index < -0.39 is 0 Å². The van der Waals surface area contributed by atoms with Crippen LogP contribution in [0.25, 0.3) is 0 Å². The maximum Gasteiger partial charge on any atom is 0.0370 e. The Kier molecular flexibility index (Phi) is 2.21. The molecular formula is C14H20N2. The van der Waals surface area contributed by atoms with Gasteiger partial charge in [0.05, 0.1) is 0 Å². The molecule has 2 heteroatoms. The molecule has 2 nitrogen and oxygen atoms in total. The molecule has 2 heterocycles. The lowest BCUT2D eigenvalue weighted by atomic mass is 9.84. The highest BCUT2D eigenvalue weighted by Gasteiger charge is 2.34. The van der Waals surface area contributed by atoms with Gasteiger partial charge >= 0.3 is 0 Å². The van der Waals surface area contributed by atoms with Crippen molar-refractivity contribution in [2.24, 2.45) is 5.41 Å². The first-order chi connectivity index (χ1) is 7.64. The molecule has 1 aromatic carbocycles. The van der Waals surface area contributed by atoms with Gasteiger partial charge in [0, 0.05) is 25.3 Å². The molecule has 16 heavy (non-hydrogen) atoms. The van der Waals surface area contributed by atoms with Gasteiger partial charge in [-0.1, -0.05) is 19.9 Å². The summed E-state index contributed by atoms with van der Waals surface area (Å²) in [6.07, 6.45) is 1.18. The van der Waals surface area contributed by atoms with Gasteiger partial charge in [-0.2, -0.15) is 0 Å². The van der Waals surface area contributed by atoms with Crippen LogP contribution in [0.1, 0.15) is 25.0 Å². The van der Waals surface area contributed by atoms with Crippen molar-refractivity contribution in [3.05, 3.63) is 29.3 Å². The first-order valence-electron chi connectivity index (χ1n) is 6.22. The molecule has 0 aliphatic carbocycles. The topological polar surface area (TPSA) is 15.3 Å². The van der Waals surface area contributed by atoms with E-state index in [1.165, 1.54) is 36.3 Å². The molecule has 1 aromatic rings. The van der Waals surface area contributed by atoms with Gasteiger partial charge in [-0.05, 0) is 41.6 Å². The van der Waals surface area contributed by atoms with Crippen molar-refractivity contribution in [3.63, 3.8) is 0 Å². The van der Waals surface area contributed by atoms with Crippen molar-refractivity contribution in [2.45, 2.75) is 26.8 Å². The summed E-state index contributed by atoms with van der Waals surface area (Å²) >= 11 is 0. The fourth-order valence-electron chi connectivity index (χ4n) is 2.83. The van der Waals surface area contributed by atoms with Crippen LogP contribution in [0, 0.1) is 5.41 Å². The molecule has 3 rings (SSSR count). The molecule has 0 unspecified atom stereocenters. The zero-order valence-electron chi connectivity index (χ0n) is 10.2. The lowest BCUT2D eigenvalue weighted by Crippen LogP contribution is -2.53. The monoisotopic (exact) mass is 216 g/mol. The second-order valence-electron chi connectivity index (χ2n) is 5.90. The van der Waals surface area contributed by atoms with Gasteiger partial charge in [-0.3, -0.25) is 0 Å². The summed E-state index contributed by atoms with van der Waals surface area (Å²) < 4.78 is 0. The molecule has 2 aliphatic rings. The highest BCUT2D eigenvalue weighted by Crippen LogP contribution is 2.34. The minimum absolute atomic E-state index is 0.508. The van der Waals surface area contributed by atoms with Crippen molar-refractivity contribution in [1.82, 2.24) is 5.32 Å². The molecule has 2 aliphatic heterocycles. The van der Waals surface area contributed by atoms with Gasteiger partial charge in [0.25, 0.3) is 0 Å². The van der Waals surface area contributed by atoms with E-state index >= 15 is 0 Å². The molecular weight excluding hydrogens is 196 g/mol. The van der Waals surface area contributed by atoms with Crippen LogP contribution in [-0.4, -0.2) is 19.6 Å². The lowest BCUT2D eigenvalue weighted by molar-refractivity contribution is 0.276. The van der Waals surface area contributed by atoms with Crippen molar-refractivity contribution in [2.75, 3.05) is 24.5 Å². The zero-order valence-corrected chi connectivity index (χ0v) is 10.2. The van der Waals surface area contributed by atoms with Crippen LogP contribution in [0.15, 0.2) is 18.2 Å². The van der Waals surface area contributed by atoms with Crippen LogP contribution < -0.4 is 10.2 Å². The first-order valence-corrected chi connectivity index (χ1v) is 6.22. The van der Waals surface area contributed by atoms with Gasteiger partial charge in [0.2, 0.25) is 0 Å². The Labute approximate surface area is 97.6 Å².